The van der Waals surface area contributed by atoms with Gasteiger partial charge < -0.3 is 10.1 Å². The fraction of sp³-hybridized carbons (Fsp3) is 0.500. The summed E-state index contributed by atoms with van der Waals surface area (Å²) in [6.07, 6.45) is 1.31. The van der Waals surface area contributed by atoms with Crippen LogP contribution in [0.4, 0.5) is 5.69 Å². The van der Waals surface area contributed by atoms with E-state index in [0.29, 0.717) is 6.04 Å². The molecule has 0 unspecified atom stereocenters. The zero-order valence-electron chi connectivity index (χ0n) is 9.09. The first-order valence-corrected chi connectivity index (χ1v) is 5.69. The zero-order valence-corrected chi connectivity index (χ0v) is 9.84. The van der Waals surface area contributed by atoms with Crippen LogP contribution in [0.2, 0.25) is 5.02 Å². The Hall–Kier alpha value is -0.730. The van der Waals surface area contributed by atoms with Crippen LogP contribution in [0.5, 0.6) is 0 Å². The molecular formula is C12H16ClNO. The van der Waals surface area contributed by atoms with E-state index in [1.54, 1.807) is 0 Å². The minimum Gasteiger partial charge on any atom is -0.378 e. The number of hydrogen-bond donors (Lipinski definition) is 1. The van der Waals surface area contributed by atoms with Crippen LogP contribution in [-0.2, 0) is 4.74 Å². The van der Waals surface area contributed by atoms with Gasteiger partial charge in [-0.1, -0.05) is 17.7 Å². The molecule has 2 atom stereocenters. The van der Waals surface area contributed by atoms with Gasteiger partial charge in [-0.15, -0.1) is 0 Å². The topological polar surface area (TPSA) is 21.3 Å². The van der Waals surface area contributed by atoms with Crippen molar-refractivity contribution in [2.75, 3.05) is 11.9 Å². The molecule has 82 valence electrons. The summed E-state index contributed by atoms with van der Waals surface area (Å²) in [6, 6.07) is 6.45. The predicted octanol–water partition coefficient (Wildman–Crippen LogP) is 3.24. The molecule has 1 aliphatic heterocycles. The van der Waals surface area contributed by atoms with Gasteiger partial charge in [0.1, 0.15) is 0 Å². The smallest absolute Gasteiger partial charge is 0.0748 e. The molecule has 1 aromatic rings. The first-order valence-electron chi connectivity index (χ1n) is 5.31. The molecule has 3 heteroatoms. The number of benzene rings is 1. The molecule has 0 aliphatic carbocycles. The van der Waals surface area contributed by atoms with Crippen molar-refractivity contribution in [1.29, 1.82) is 0 Å². The number of halogens is 1. The lowest BCUT2D eigenvalue weighted by atomic mass is 10.1. The number of hydrogen-bond acceptors (Lipinski definition) is 2. The monoisotopic (exact) mass is 225 g/mol. The molecule has 0 saturated carbocycles. The van der Waals surface area contributed by atoms with Crippen molar-refractivity contribution >= 4 is 17.3 Å². The Balaban J connectivity index is 2.10. The van der Waals surface area contributed by atoms with Crippen LogP contribution in [0.15, 0.2) is 18.2 Å². The molecule has 2 rings (SSSR count). The summed E-state index contributed by atoms with van der Waals surface area (Å²) in [5.41, 5.74) is 2.19. The normalized spacial score (nSPS) is 25.5. The average Bonchev–Trinajstić information content (AvgIpc) is 2.57. The highest BCUT2D eigenvalue weighted by atomic mass is 35.5. The van der Waals surface area contributed by atoms with Gasteiger partial charge in [0.05, 0.1) is 22.9 Å². The molecular weight excluding hydrogens is 210 g/mol. The average molecular weight is 226 g/mol. The highest BCUT2D eigenvalue weighted by Crippen LogP contribution is 2.26. The van der Waals surface area contributed by atoms with Gasteiger partial charge in [-0.25, -0.2) is 0 Å². The van der Waals surface area contributed by atoms with Gasteiger partial charge in [0, 0.05) is 6.61 Å². The quantitative estimate of drug-likeness (QED) is 0.835. The second-order valence-electron chi connectivity index (χ2n) is 4.10. The van der Waals surface area contributed by atoms with Gasteiger partial charge in [0.25, 0.3) is 0 Å². The summed E-state index contributed by atoms with van der Waals surface area (Å²) < 4.78 is 5.50. The molecule has 0 spiro atoms. The van der Waals surface area contributed by atoms with Gasteiger partial charge in [-0.3, -0.25) is 0 Å². The van der Waals surface area contributed by atoms with Crippen molar-refractivity contribution in [3.63, 3.8) is 0 Å². The maximum absolute atomic E-state index is 6.15. The number of aryl methyl sites for hydroxylation is 1. The maximum Gasteiger partial charge on any atom is 0.0748 e. The Morgan fingerprint density at radius 1 is 1.47 bits per heavy atom. The lowest BCUT2D eigenvalue weighted by molar-refractivity contribution is 0.121. The van der Waals surface area contributed by atoms with Gasteiger partial charge in [0.2, 0.25) is 0 Å². The highest BCUT2D eigenvalue weighted by Gasteiger charge is 2.24. The van der Waals surface area contributed by atoms with Crippen molar-refractivity contribution in [3.8, 4) is 0 Å². The van der Waals surface area contributed by atoms with Gasteiger partial charge in [0.15, 0.2) is 0 Å². The fourth-order valence-electron chi connectivity index (χ4n) is 1.86. The van der Waals surface area contributed by atoms with Crippen molar-refractivity contribution < 1.29 is 4.74 Å². The lowest BCUT2D eigenvalue weighted by Crippen LogP contribution is -2.26. The Morgan fingerprint density at radius 2 is 2.27 bits per heavy atom. The Bertz CT molecular complexity index is 353. The summed E-state index contributed by atoms with van der Waals surface area (Å²) >= 11 is 6.15. The van der Waals surface area contributed by atoms with Gasteiger partial charge in [-0.2, -0.15) is 0 Å². The van der Waals surface area contributed by atoms with E-state index in [2.05, 4.69) is 18.3 Å². The fourth-order valence-corrected chi connectivity index (χ4v) is 2.15. The Morgan fingerprint density at radius 3 is 2.87 bits per heavy atom. The molecule has 1 heterocycles. The highest BCUT2D eigenvalue weighted by molar-refractivity contribution is 6.33. The van der Waals surface area contributed by atoms with Crippen molar-refractivity contribution in [2.45, 2.75) is 32.4 Å². The van der Waals surface area contributed by atoms with Crippen LogP contribution >= 0.6 is 11.6 Å². The van der Waals surface area contributed by atoms with Crippen molar-refractivity contribution in [1.82, 2.24) is 0 Å². The summed E-state index contributed by atoms with van der Waals surface area (Å²) in [7, 11) is 0. The van der Waals surface area contributed by atoms with Crippen LogP contribution in [0.1, 0.15) is 18.9 Å². The Kier molecular flexibility index (Phi) is 3.17. The second kappa shape index (κ2) is 4.42. The number of rotatable bonds is 2. The standard InChI is InChI=1S/C12H16ClNO/c1-8-3-4-12(10(13)7-8)14-11-5-6-15-9(11)2/h3-4,7,9,11,14H,5-6H2,1-2H3/t9-,11+/m1/s1. The van der Waals surface area contributed by atoms with E-state index in [9.17, 15) is 0 Å². The third-order valence-electron chi connectivity index (χ3n) is 2.84. The molecule has 0 amide bonds. The zero-order chi connectivity index (χ0) is 10.8. The summed E-state index contributed by atoms with van der Waals surface area (Å²) in [6.45, 7) is 4.96. The summed E-state index contributed by atoms with van der Waals surface area (Å²) in [5.74, 6) is 0. The van der Waals surface area contributed by atoms with E-state index in [4.69, 9.17) is 16.3 Å². The van der Waals surface area contributed by atoms with Crippen molar-refractivity contribution in [2.24, 2.45) is 0 Å². The molecule has 0 radical (unpaired) electrons. The van der Waals surface area contributed by atoms with E-state index in [0.717, 1.165) is 23.7 Å². The summed E-state index contributed by atoms with van der Waals surface area (Å²) in [4.78, 5) is 0. The van der Waals surface area contributed by atoms with Crippen LogP contribution in [0.25, 0.3) is 0 Å². The van der Waals surface area contributed by atoms with Crippen LogP contribution < -0.4 is 5.32 Å². The van der Waals surface area contributed by atoms with Gasteiger partial charge in [-0.05, 0) is 38.0 Å². The van der Waals surface area contributed by atoms with E-state index in [1.807, 2.05) is 19.1 Å². The molecule has 1 saturated heterocycles. The van der Waals surface area contributed by atoms with Crippen LogP contribution in [0.3, 0.4) is 0 Å². The van der Waals surface area contributed by atoms with Crippen LogP contribution in [0, 0.1) is 6.92 Å². The van der Waals surface area contributed by atoms with Gasteiger partial charge >= 0.3 is 0 Å². The molecule has 2 nitrogen and oxygen atoms in total. The molecule has 15 heavy (non-hydrogen) atoms. The third-order valence-corrected chi connectivity index (χ3v) is 3.15. The summed E-state index contributed by atoms with van der Waals surface area (Å²) in [5, 5.41) is 4.22. The maximum atomic E-state index is 6.15. The number of nitrogens with one attached hydrogen (secondary N) is 1. The minimum absolute atomic E-state index is 0.266. The van der Waals surface area contributed by atoms with E-state index < -0.39 is 0 Å². The van der Waals surface area contributed by atoms with Crippen LogP contribution in [-0.4, -0.2) is 18.8 Å². The third kappa shape index (κ3) is 2.44. The number of anilines is 1. The Labute approximate surface area is 95.6 Å². The first kappa shape index (κ1) is 10.8. The van der Waals surface area contributed by atoms with E-state index >= 15 is 0 Å². The minimum atomic E-state index is 0.266. The first-order chi connectivity index (χ1) is 7.16. The molecule has 1 fully saturated rings. The van der Waals surface area contributed by atoms with E-state index in [-0.39, 0.29) is 6.10 Å². The van der Waals surface area contributed by atoms with Crippen molar-refractivity contribution in [3.05, 3.63) is 28.8 Å². The van der Waals surface area contributed by atoms with E-state index in [1.165, 1.54) is 5.56 Å². The largest absolute Gasteiger partial charge is 0.378 e. The molecule has 0 aromatic heterocycles. The number of ether oxygens (including phenoxy) is 1. The predicted molar refractivity (Wildman–Crippen MR) is 63.6 cm³/mol. The molecule has 0 bridgehead atoms. The second-order valence-corrected chi connectivity index (χ2v) is 4.51. The SMILES string of the molecule is Cc1ccc(N[C@H]2CCO[C@@H]2C)c(Cl)c1. The lowest BCUT2D eigenvalue weighted by Gasteiger charge is -2.18. The molecule has 1 aliphatic rings. The molecule has 1 N–H and O–H groups in total. The molecule has 1 aromatic carbocycles.